The molecule has 3 rings (SSSR count). The number of rotatable bonds is 4. The summed E-state index contributed by atoms with van der Waals surface area (Å²) in [7, 11) is 1.98. The van der Waals surface area contributed by atoms with Crippen LogP contribution in [0.15, 0.2) is 35.1 Å². The smallest absolute Gasteiger partial charge is 0.475 e. The van der Waals surface area contributed by atoms with Crippen molar-refractivity contribution in [3.8, 4) is 5.75 Å². The van der Waals surface area contributed by atoms with Gasteiger partial charge in [-0.2, -0.15) is 0 Å². The fourth-order valence-electron chi connectivity index (χ4n) is 2.22. The van der Waals surface area contributed by atoms with Crippen LogP contribution in [0, 0.1) is 0 Å². The Labute approximate surface area is 184 Å². The quantitative estimate of drug-likeness (QED) is 0.622. The summed E-state index contributed by atoms with van der Waals surface area (Å²) in [6, 6.07) is 9.46. The van der Waals surface area contributed by atoms with Crippen LogP contribution in [0.4, 0.5) is 5.95 Å². The molecule has 0 fully saturated rings. The molecule has 114 valence electrons. The number of nitrogens with one attached hydrogen (secondary N) is 1. The van der Waals surface area contributed by atoms with Crippen LogP contribution in [-0.4, -0.2) is 22.0 Å². The molecule has 0 saturated carbocycles. The van der Waals surface area contributed by atoms with E-state index in [0.717, 1.165) is 5.56 Å². The third-order valence-electron chi connectivity index (χ3n) is 3.31. The van der Waals surface area contributed by atoms with E-state index >= 15 is 0 Å². The first-order chi connectivity index (χ1) is 10.7. The minimum absolute atomic E-state index is 0. The second-order valence-corrected chi connectivity index (χ2v) is 4.95. The summed E-state index contributed by atoms with van der Waals surface area (Å²) in [4.78, 5) is 28.7. The molecule has 0 spiro atoms. The van der Waals surface area contributed by atoms with Crippen LogP contribution in [0.5, 0.6) is 5.75 Å². The molecule has 1 aliphatic rings. The maximum Gasteiger partial charge on any atom is 1.00 e. The normalized spacial score (nSPS) is 11.9. The summed E-state index contributed by atoms with van der Waals surface area (Å²) in [5, 5.41) is 6.83. The van der Waals surface area contributed by atoms with Crippen LogP contribution in [0.1, 0.15) is 16.1 Å². The summed E-state index contributed by atoms with van der Waals surface area (Å²) in [5.41, 5.74) is 0.505. The van der Waals surface area contributed by atoms with Crippen molar-refractivity contribution in [3.63, 3.8) is 0 Å². The van der Waals surface area contributed by atoms with Crippen molar-refractivity contribution < 1.29 is 67.5 Å². The van der Waals surface area contributed by atoms with Crippen molar-refractivity contribution in [2.24, 2.45) is 0 Å². The Morgan fingerprint density at radius 3 is 2.83 bits per heavy atom. The molecule has 0 saturated heterocycles. The first kappa shape index (κ1) is 18.7. The minimum atomic E-state index is -0.469. The van der Waals surface area contributed by atoms with Crippen LogP contribution in [-0.2, 0) is 13.1 Å². The van der Waals surface area contributed by atoms with Crippen molar-refractivity contribution in [1.82, 2.24) is 14.9 Å². The zero-order valence-electron chi connectivity index (χ0n) is 12.7. The molecule has 1 aliphatic heterocycles. The number of benzene rings is 1. The second-order valence-electron chi connectivity index (χ2n) is 4.71. The first-order valence-corrected chi connectivity index (χ1v) is 7.19. The van der Waals surface area contributed by atoms with Gasteiger partial charge in [-0.15, -0.1) is 0 Å². The maximum absolute atomic E-state index is 12.3. The van der Waals surface area contributed by atoms with Gasteiger partial charge in [-0.3, -0.25) is 9.59 Å². The molecule has 0 aliphatic carbocycles. The van der Waals surface area contributed by atoms with E-state index in [0.29, 0.717) is 19.6 Å². The Bertz CT molecular complexity index is 767. The molecule has 0 radical (unpaired) electrons. The monoisotopic (exact) mass is 402 g/mol. The number of carbonyl (C=O) groups excluding carboxylic acids is 1. The second kappa shape index (κ2) is 8.49. The van der Waals surface area contributed by atoms with Gasteiger partial charge in [0, 0.05) is 12.5 Å². The third kappa shape index (κ3) is 4.09. The predicted molar refractivity (Wildman–Crippen MR) is 84.3 cm³/mol. The molecule has 2 aromatic rings. The van der Waals surface area contributed by atoms with Crippen LogP contribution in [0.3, 0.4) is 0 Å². The molecule has 2 heterocycles. The predicted octanol–water partition coefficient (Wildman–Crippen LogP) is -1.63. The number of hydrogen-bond donors (Lipinski definition) is 1. The van der Waals surface area contributed by atoms with E-state index in [2.05, 4.69) is 15.6 Å². The zero-order chi connectivity index (χ0) is 15.5. The molecular formula is C14H14N4O3PRb. The molecule has 1 atom stereocenters. The molecule has 1 aromatic carbocycles. The topological polar surface area (TPSA) is 87.3 Å². The van der Waals surface area contributed by atoms with Gasteiger partial charge in [0.25, 0.3) is 5.91 Å². The van der Waals surface area contributed by atoms with Gasteiger partial charge < -0.3 is 24.7 Å². The van der Waals surface area contributed by atoms with Crippen LogP contribution < -0.4 is 73.6 Å². The Balaban J connectivity index is 0.00000192. The standard InChI is InChI=1S/C14H15N4O3P.Rb/c19-12(16-8-9-4-2-1-3-5-9)10-11(21-22)13(20)18-7-6-15-14(18)17-10;/h1-5H,6-8,22H2,(H2,15,16,17,19,20);/q;+1/p-1. The zero-order valence-corrected chi connectivity index (χ0v) is 18.7. The Morgan fingerprint density at radius 2 is 2.13 bits per heavy atom. The molecule has 1 unspecified atom stereocenters. The SMILES string of the molecule is O=C(NCc1ccccc1)c1nc2n(c(=O)c1OP)CC[N-]2.[Rb+]. The summed E-state index contributed by atoms with van der Waals surface area (Å²) < 4.78 is 6.39. The number of amides is 1. The van der Waals surface area contributed by atoms with Gasteiger partial charge in [0.15, 0.2) is 5.75 Å². The average molecular weight is 403 g/mol. The minimum Gasteiger partial charge on any atom is -0.475 e. The molecule has 1 aromatic heterocycles. The number of carbonyl (C=O) groups is 1. The number of fused-ring (bicyclic) bond motifs is 1. The molecule has 23 heavy (non-hydrogen) atoms. The van der Waals surface area contributed by atoms with Crippen molar-refractivity contribution in [3.05, 3.63) is 57.3 Å². The number of aromatic nitrogens is 2. The van der Waals surface area contributed by atoms with E-state index in [1.54, 1.807) is 0 Å². The number of hydrogen-bond acceptors (Lipinski definition) is 4. The fraction of sp³-hybridized carbons (Fsp3) is 0.214. The van der Waals surface area contributed by atoms with Crippen molar-refractivity contribution in [1.29, 1.82) is 0 Å². The van der Waals surface area contributed by atoms with Gasteiger partial charge in [-0.05, 0) is 18.7 Å². The largest absolute Gasteiger partial charge is 1.00 e. The van der Waals surface area contributed by atoms with Gasteiger partial charge in [-0.25, -0.2) is 0 Å². The molecule has 1 N–H and O–H groups in total. The molecule has 0 bridgehead atoms. The Hall–Kier alpha value is -0.595. The summed E-state index contributed by atoms with van der Waals surface area (Å²) in [6.45, 7) is 1.27. The molecule has 9 heteroatoms. The summed E-state index contributed by atoms with van der Waals surface area (Å²) >= 11 is 0. The summed E-state index contributed by atoms with van der Waals surface area (Å²) in [5.74, 6) is -0.291. The summed E-state index contributed by atoms with van der Waals surface area (Å²) in [6.07, 6.45) is 0. The van der Waals surface area contributed by atoms with E-state index in [-0.39, 0.29) is 75.6 Å². The molecular weight excluding hydrogens is 389 g/mol. The average Bonchev–Trinajstić information content (AvgIpc) is 3.02. The number of nitrogens with zero attached hydrogens (tertiary/aromatic N) is 3. The van der Waals surface area contributed by atoms with Gasteiger partial charge in [0.05, 0.1) is 9.47 Å². The van der Waals surface area contributed by atoms with Crippen LogP contribution in [0.2, 0.25) is 0 Å². The van der Waals surface area contributed by atoms with Crippen molar-refractivity contribution in [2.45, 2.75) is 13.1 Å². The van der Waals surface area contributed by atoms with Gasteiger partial charge in [0.2, 0.25) is 5.56 Å². The van der Waals surface area contributed by atoms with E-state index in [1.165, 1.54) is 4.57 Å². The Morgan fingerprint density at radius 1 is 1.39 bits per heavy atom. The van der Waals surface area contributed by atoms with E-state index < -0.39 is 11.5 Å². The van der Waals surface area contributed by atoms with E-state index in [9.17, 15) is 9.59 Å². The van der Waals surface area contributed by atoms with Gasteiger partial charge in [0.1, 0.15) is 5.69 Å². The van der Waals surface area contributed by atoms with Gasteiger partial charge in [-0.1, -0.05) is 30.3 Å². The molecule has 7 nitrogen and oxygen atoms in total. The maximum atomic E-state index is 12.3. The van der Waals surface area contributed by atoms with Crippen molar-refractivity contribution in [2.75, 3.05) is 6.54 Å². The Kier molecular flexibility index (Phi) is 6.92. The van der Waals surface area contributed by atoms with Crippen LogP contribution >= 0.6 is 9.47 Å². The van der Waals surface area contributed by atoms with Crippen molar-refractivity contribution >= 4 is 21.3 Å². The van der Waals surface area contributed by atoms with E-state index in [1.807, 2.05) is 39.8 Å². The molecule has 1 amide bonds. The first-order valence-electron chi connectivity index (χ1n) is 6.72. The van der Waals surface area contributed by atoms with Crippen LogP contribution in [0.25, 0.3) is 5.32 Å². The fourth-order valence-corrected chi connectivity index (χ4v) is 2.43. The van der Waals surface area contributed by atoms with E-state index in [4.69, 9.17) is 4.52 Å². The van der Waals surface area contributed by atoms with Gasteiger partial charge >= 0.3 is 58.2 Å². The third-order valence-corrected chi connectivity index (χ3v) is 3.55.